The summed E-state index contributed by atoms with van der Waals surface area (Å²) in [6, 6.07) is 18.8. The van der Waals surface area contributed by atoms with Crippen LogP contribution in [0.4, 0.5) is 0 Å². The van der Waals surface area contributed by atoms with Crippen molar-refractivity contribution in [3.05, 3.63) is 76.9 Å². The van der Waals surface area contributed by atoms with Gasteiger partial charge in [-0.3, -0.25) is 5.41 Å². The molecule has 0 saturated carbocycles. The molecule has 0 bridgehead atoms. The summed E-state index contributed by atoms with van der Waals surface area (Å²) in [7, 11) is 0. The Kier molecular flexibility index (Phi) is 5.81. The number of piperidine rings is 1. The average Bonchev–Trinajstić information content (AvgIpc) is 2.75. The third-order valence-corrected chi connectivity index (χ3v) is 5.83. The van der Waals surface area contributed by atoms with E-state index >= 15 is 0 Å². The number of hydrogen-bond donors (Lipinski definition) is 3. The van der Waals surface area contributed by atoms with E-state index < -0.39 is 0 Å². The molecule has 4 heteroatoms. The first-order valence-electron chi connectivity index (χ1n) is 10.5. The van der Waals surface area contributed by atoms with Gasteiger partial charge in [-0.1, -0.05) is 49.4 Å². The highest BCUT2D eigenvalue weighted by molar-refractivity contribution is 6.08. The first-order chi connectivity index (χ1) is 14.2. The Labute approximate surface area is 172 Å². The summed E-state index contributed by atoms with van der Waals surface area (Å²) in [4.78, 5) is 0. The Balaban J connectivity index is 1.67. The Morgan fingerprint density at radius 2 is 1.72 bits per heavy atom. The van der Waals surface area contributed by atoms with E-state index in [-0.39, 0.29) is 5.84 Å². The summed E-state index contributed by atoms with van der Waals surface area (Å²) in [5.41, 5.74) is 10.5. The minimum atomic E-state index is 0.111. The van der Waals surface area contributed by atoms with Crippen LogP contribution in [0, 0.1) is 5.41 Å². The number of amidine groups is 1. The van der Waals surface area contributed by atoms with E-state index in [4.69, 9.17) is 15.9 Å². The van der Waals surface area contributed by atoms with Crippen molar-refractivity contribution in [1.29, 1.82) is 5.41 Å². The van der Waals surface area contributed by atoms with Crippen LogP contribution in [0.5, 0.6) is 5.75 Å². The van der Waals surface area contributed by atoms with Crippen LogP contribution in [-0.2, 0) is 12.8 Å². The van der Waals surface area contributed by atoms with E-state index in [9.17, 15) is 0 Å². The van der Waals surface area contributed by atoms with Gasteiger partial charge in [-0.25, -0.2) is 0 Å². The molecule has 1 heterocycles. The molecule has 0 aromatic heterocycles. The van der Waals surface area contributed by atoms with Gasteiger partial charge in [0.05, 0.1) is 0 Å². The van der Waals surface area contributed by atoms with Crippen LogP contribution in [0.3, 0.4) is 0 Å². The fourth-order valence-corrected chi connectivity index (χ4v) is 4.25. The fourth-order valence-electron chi connectivity index (χ4n) is 4.25. The molecule has 4 N–H and O–H groups in total. The van der Waals surface area contributed by atoms with Gasteiger partial charge in [-0.15, -0.1) is 0 Å². The second kappa shape index (κ2) is 8.66. The van der Waals surface area contributed by atoms with Crippen molar-refractivity contribution in [1.82, 2.24) is 5.32 Å². The molecule has 0 amide bonds. The van der Waals surface area contributed by atoms with Gasteiger partial charge in [0.2, 0.25) is 0 Å². The maximum Gasteiger partial charge on any atom is 0.123 e. The highest BCUT2D eigenvalue weighted by Gasteiger charge is 2.16. The number of aryl methyl sites for hydroxylation is 1. The molecule has 0 radical (unpaired) electrons. The van der Waals surface area contributed by atoms with Crippen molar-refractivity contribution in [2.45, 2.75) is 38.7 Å². The zero-order valence-corrected chi connectivity index (χ0v) is 17.0. The van der Waals surface area contributed by atoms with Crippen LogP contribution in [0.15, 0.2) is 54.6 Å². The van der Waals surface area contributed by atoms with Gasteiger partial charge in [0, 0.05) is 5.56 Å². The fraction of sp³-hybridized carbons (Fsp3) is 0.320. The maximum absolute atomic E-state index is 7.88. The molecular weight excluding hydrogens is 358 g/mol. The van der Waals surface area contributed by atoms with Crippen LogP contribution in [-0.4, -0.2) is 25.0 Å². The second-order valence-corrected chi connectivity index (χ2v) is 7.76. The molecule has 1 saturated heterocycles. The van der Waals surface area contributed by atoms with E-state index in [0.29, 0.717) is 6.10 Å². The number of nitrogens with one attached hydrogen (secondary N) is 2. The first-order valence-corrected chi connectivity index (χ1v) is 10.5. The number of fused-ring (bicyclic) bond motifs is 1. The number of hydrogen-bond acceptors (Lipinski definition) is 3. The summed E-state index contributed by atoms with van der Waals surface area (Å²) >= 11 is 0. The van der Waals surface area contributed by atoms with Gasteiger partial charge in [-0.05, 0) is 78.4 Å². The molecule has 3 aromatic carbocycles. The lowest BCUT2D eigenvalue weighted by Gasteiger charge is -2.24. The van der Waals surface area contributed by atoms with Crippen LogP contribution in [0.2, 0.25) is 0 Å². The van der Waals surface area contributed by atoms with Crippen molar-refractivity contribution < 1.29 is 4.74 Å². The molecule has 0 atom stereocenters. The van der Waals surface area contributed by atoms with Crippen LogP contribution in [0.1, 0.15) is 42.0 Å². The smallest absolute Gasteiger partial charge is 0.123 e. The Bertz CT molecular complexity index is 1020. The minimum Gasteiger partial charge on any atom is -0.490 e. The molecule has 4 nitrogen and oxygen atoms in total. The van der Waals surface area contributed by atoms with E-state index in [2.05, 4.69) is 42.6 Å². The Hall–Kier alpha value is -2.85. The summed E-state index contributed by atoms with van der Waals surface area (Å²) in [6.45, 7) is 4.25. The molecule has 0 spiro atoms. The number of benzene rings is 3. The lowest BCUT2D eigenvalue weighted by molar-refractivity contribution is 0.162. The van der Waals surface area contributed by atoms with Gasteiger partial charge < -0.3 is 15.8 Å². The highest BCUT2D eigenvalue weighted by Crippen LogP contribution is 2.28. The summed E-state index contributed by atoms with van der Waals surface area (Å²) in [6.07, 6.45) is 4.24. The van der Waals surface area contributed by atoms with Crippen molar-refractivity contribution in [2.24, 2.45) is 5.73 Å². The van der Waals surface area contributed by atoms with Crippen LogP contribution < -0.4 is 15.8 Å². The standard InChI is InChI=1S/C25H29N3O/c1-2-17-7-9-21(29-20-11-13-28-14-12-20)16-19(17)15-18-8-10-24(25(26)27)23-6-4-3-5-22(18)23/h3-10,16,20,28H,2,11-15H2,1H3,(H3,26,27). The number of nitrogens with two attached hydrogens (primary N) is 1. The predicted molar refractivity (Wildman–Crippen MR) is 120 cm³/mol. The molecule has 150 valence electrons. The van der Waals surface area contributed by atoms with Crippen molar-refractivity contribution in [3.63, 3.8) is 0 Å². The van der Waals surface area contributed by atoms with Crippen molar-refractivity contribution in [2.75, 3.05) is 13.1 Å². The molecule has 0 aliphatic carbocycles. The Morgan fingerprint density at radius 3 is 2.45 bits per heavy atom. The van der Waals surface area contributed by atoms with Crippen LogP contribution in [0.25, 0.3) is 10.8 Å². The maximum atomic E-state index is 7.88. The zero-order chi connectivity index (χ0) is 20.2. The van der Waals surface area contributed by atoms with E-state index in [1.165, 1.54) is 16.7 Å². The monoisotopic (exact) mass is 387 g/mol. The third-order valence-electron chi connectivity index (χ3n) is 5.83. The molecule has 1 fully saturated rings. The quantitative estimate of drug-likeness (QED) is 0.433. The van der Waals surface area contributed by atoms with Crippen molar-refractivity contribution >= 4 is 16.6 Å². The van der Waals surface area contributed by atoms with Crippen LogP contribution >= 0.6 is 0 Å². The predicted octanol–water partition coefficient (Wildman–Crippen LogP) is 4.41. The van der Waals surface area contributed by atoms with E-state index in [1.54, 1.807) is 0 Å². The van der Waals surface area contributed by atoms with E-state index in [1.807, 2.05) is 24.3 Å². The minimum absolute atomic E-state index is 0.111. The van der Waals surface area contributed by atoms with Gasteiger partial charge >= 0.3 is 0 Å². The molecular formula is C25H29N3O. The topological polar surface area (TPSA) is 71.1 Å². The molecule has 0 unspecified atom stereocenters. The lowest BCUT2D eigenvalue weighted by atomic mass is 9.92. The zero-order valence-electron chi connectivity index (χ0n) is 17.0. The molecule has 3 aromatic rings. The van der Waals surface area contributed by atoms with Gasteiger partial charge in [-0.2, -0.15) is 0 Å². The molecule has 29 heavy (non-hydrogen) atoms. The van der Waals surface area contributed by atoms with Gasteiger partial charge in [0.1, 0.15) is 17.7 Å². The summed E-state index contributed by atoms with van der Waals surface area (Å²) in [5, 5.41) is 13.5. The average molecular weight is 388 g/mol. The third kappa shape index (κ3) is 4.28. The molecule has 4 rings (SSSR count). The highest BCUT2D eigenvalue weighted by atomic mass is 16.5. The summed E-state index contributed by atoms with van der Waals surface area (Å²) in [5.74, 6) is 1.08. The number of ether oxygens (including phenoxy) is 1. The first kappa shape index (κ1) is 19.5. The lowest BCUT2D eigenvalue weighted by Crippen LogP contribution is -2.34. The SMILES string of the molecule is CCc1ccc(OC2CCNCC2)cc1Cc1ccc(C(=N)N)c2ccccc12. The largest absolute Gasteiger partial charge is 0.490 e. The number of rotatable bonds is 6. The second-order valence-electron chi connectivity index (χ2n) is 7.76. The Morgan fingerprint density at radius 1 is 1.00 bits per heavy atom. The molecule has 1 aliphatic heterocycles. The normalized spacial score (nSPS) is 14.8. The molecule has 1 aliphatic rings. The van der Waals surface area contributed by atoms with Gasteiger partial charge in [0.25, 0.3) is 0 Å². The van der Waals surface area contributed by atoms with Gasteiger partial charge in [0.15, 0.2) is 0 Å². The van der Waals surface area contributed by atoms with Crippen molar-refractivity contribution in [3.8, 4) is 5.75 Å². The van der Waals surface area contributed by atoms with E-state index in [0.717, 1.165) is 60.9 Å². The summed E-state index contributed by atoms with van der Waals surface area (Å²) < 4.78 is 6.29. The number of nitrogen functional groups attached to an aromatic ring is 1.